The Hall–Kier alpha value is -2.29. The highest BCUT2D eigenvalue weighted by Gasteiger charge is 2.53. The molecule has 0 saturated carbocycles. The molecule has 0 radical (unpaired) electrons. The molecule has 3 N–H and O–H groups in total. The van der Waals surface area contributed by atoms with Crippen LogP contribution in [-0.2, 0) is 14.6 Å². The molecule has 28 heavy (non-hydrogen) atoms. The molecule has 0 aliphatic carbocycles. The van der Waals surface area contributed by atoms with Gasteiger partial charge in [0, 0.05) is 17.7 Å². The van der Waals surface area contributed by atoms with Crippen molar-refractivity contribution in [2.45, 2.75) is 62.7 Å². The first-order chi connectivity index (χ1) is 12.8. The van der Waals surface area contributed by atoms with E-state index in [2.05, 4.69) is 10.3 Å². The molecular weight excluding hydrogens is 382 g/mol. The highest BCUT2D eigenvalue weighted by molar-refractivity contribution is 7.94. The van der Waals surface area contributed by atoms with Crippen LogP contribution in [0.1, 0.15) is 52.6 Å². The average Bonchev–Trinajstić information content (AvgIpc) is 2.71. The average molecular weight is 410 g/mol. The molecule has 2 atom stereocenters. The summed E-state index contributed by atoms with van der Waals surface area (Å²) < 4.78 is 36.5. The lowest BCUT2D eigenvalue weighted by atomic mass is 10.00. The summed E-state index contributed by atoms with van der Waals surface area (Å²) in [5.74, 6) is 0.607. The van der Waals surface area contributed by atoms with Crippen molar-refractivity contribution >= 4 is 27.5 Å². The number of carbonyl (C=O) groups is 1. The van der Waals surface area contributed by atoms with Crippen LogP contribution in [0.15, 0.2) is 23.2 Å². The molecular formula is C19H27N3O5S. The molecule has 2 aliphatic rings. The minimum absolute atomic E-state index is 0.0540. The highest BCUT2D eigenvalue weighted by Crippen LogP contribution is 2.44. The standard InChI is InChI=1S/C19H27N3O5S/c1-18(2,3)27-17(23)22-16-19(4,5)28(24,25)14-8-9-26-13-7-6-11(20)10-12(13)15(14)21-16/h6-7,10,14-15H,8-9,20H2,1-5H3,(H,21,22,23)/t14-,15?/m1/s1. The molecule has 1 amide bonds. The maximum atomic E-state index is 13.4. The van der Waals surface area contributed by atoms with Gasteiger partial charge in [0.1, 0.15) is 21.9 Å². The second-order valence-corrected chi connectivity index (χ2v) is 11.3. The van der Waals surface area contributed by atoms with Crippen LogP contribution >= 0.6 is 0 Å². The number of nitrogen functional groups attached to an aromatic ring is 1. The van der Waals surface area contributed by atoms with Crippen molar-refractivity contribution < 1.29 is 22.7 Å². The molecule has 0 aromatic heterocycles. The Morgan fingerprint density at radius 3 is 2.68 bits per heavy atom. The van der Waals surface area contributed by atoms with Crippen LogP contribution in [0.3, 0.4) is 0 Å². The van der Waals surface area contributed by atoms with E-state index < -0.39 is 37.6 Å². The normalized spacial score (nSPS) is 25.2. The van der Waals surface area contributed by atoms with Gasteiger partial charge in [-0.3, -0.25) is 10.3 Å². The maximum Gasteiger partial charge on any atom is 0.413 e. The summed E-state index contributed by atoms with van der Waals surface area (Å²) in [4.78, 5) is 17.0. The quantitative estimate of drug-likeness (QED) is 0.636. The molecule has 0 spiro atoms. The molecule has 2 aliphatic heterocycles. The van der Waals surface area contributed by atoms with E-state index in [9.17, 15) is 13.2 Å². The zero-order valence-corrected chi connectivity index (χ0v) is 17.6. The maximum absolute atomic E-state index is 13.4. The largest absolute Gasteiger partial charge is 0.493 e. The number of aliphatic imine (C=N–C) groups is 1. The zero-order chi connectivity index (χ0) is 20.9. The van der Waals surface area contributed by atoms with Crippen molar-refractivity contribution in [2.24, 2.45) is 4.99 Å². The number of anilines is 1. The highest BCUT2D eigenvalue weighted by atomic mass is 32.2. The second kappa shape index (κ2) is 6.65. The first kappa shape index (κ1) is 20.4. The van der Waals surface area contributed by atoms with Gasteiger partial charge in [0.05, 0.1) is 17.9 Å². The molecule has 9 heteroatoms. The molecule has 3 rings (SSSR count). The van der Waals surface area contributed by atoms with E-state index >= 15 is 0 Å². The van der Waals surface area contributed by atoms with Crippen molar-refractivity contribution in [2.75, 3.05) is 12.3 Å². The number of amidine groups is 1. The molecule has 0 fully saturated rings. The number of rotatable bonds is 0. The number of carbonyl (C=O) groups excluding carboxylic acids is 1. The van der Waals surface area contributed by atoms with E-state index in [-0.39, 0.29) is 12.4 Å². The molecule has 1 aromatic rings. The number of nitrogens with two attached hydrogens (primary N) is 1. The topological polar surface area (TPSA) is 120 Å². The SMILES string of the molecule is CC(C)(C)OC(=O)NC1=NC2c3cc(N)ccc3OCC[C@H]2S(=O)(=O)C1(C)C. The Kier molecular flexibility index (Phi) is 4.85. The molecule has 8 nitrogen and oxygen atoms in total. The monoisotopic (exact) mass is 409 g/mol. The van der Waals surface area contributed by atoms with Crippen molar-refractivity contribution in [3.05, 3.63) is 23.8 Å². The number of nitrogens with zero attached hydrogens (tertiary/aromatic N) is 1. The van der Waals surface area contributed by atoms with Crippen molar-refractivity contribution in [3.8, 4) is 5.75 Å². The van der Waals surface area contributed by atoms with E-state index in [0.717, 1.165) is 0 Å². The van der Waals surface area contributed by atoms with E-state index in [4.69, 9.17) is 15.2 Å². The minimum Gasteiger partial charge on any atom is -0.493 e. The summed E-state index contributed by atoms with van der Waals surface area (Å²) in [6.45, 7) is 8.54. The number of alkyl carbamates (subject to hydrolysis) is 1. The summed E-state index contributed by atoms with van der Waals surface area (Å²) >= 11 is 0. The van der Waals surface area contributed by atoms with Crippen molar-refractivity contribution in [3.63, 3.8) is 0 Å². The molecule has 1 aromatic carbocycles. The van der Waals surface area contributed by atoms with E-state index in [1.807, 2.05) is 0 Å². The molecule has 154 valence electrons. The Morgan fingerprint density at radius 2 is 2.04 bits per heavy atom. The van der Waals surface area contributed by atoms with Crippen LogP contribution in [0, 0.1) is 0 Å². The number of nitrogens with one attached hydrogen (secondary N) is 1. The molecule has 1 unspecified atom stereocenters. The van der Waals surface area contributed by atoms with Gasteiger partial charge in [0.2, 0.25) is 0 Å². The van der Waals surface area contributed by atoms with E-state index in [0.29, 0.717) is 23.4 Å². The van der Waals surface area contributed by atoms with Gasteiger partial charge in [-0.25, -0.2) is 13.2 Å². The lowest BCUT2D eigenvalue weighted by Crippen LogP contribution is -2.57. The van der Waals surface area contributed by atoms with Crippen LogP contribution in [-0.4, -0.2) is 42.6 Å². The summed E-state index contributed by atoms with van der Waals surface area (Å²) in [6, 6.07) is 4.38. The number of hydrogen-bond acceptors (Lipinski definition) is 7. The zero-order valence-electron chi connectivity index (χ0n) is 16.8. The third-order valence-electron chi connectivity index (χ3n) is 4.93. The Bertz CT molecular complexity index is 931. The van der Waals surface area contributed by atoms with Crippen LogP contribution in [0.25, 0.3) is 0 Å². The van der Waals surface area contributed by atoms with Crippen LogP contribution in [0.2, 0.25) is 0 Å². The first-order valence-corrected chi connectivity index (χ1v) is 10.7. The molecule has 0 saturated heterocycles. The van der Waals surface area contributed by atoms with Gasteiger partial charge in [-0.15, -0.1) is 0 Å². The summed E-state index contributed by atoms with van der Waals surface area (Å²) in [7, 11) is -3.70. The van der Waals surface area contributed by atoms with Gasteiger partial charge in [0.15, 0.2) is 9.84 Å². The number of hydrogen-bond donors (Lipinski definition) is 2. The number of fused-ring (bicyclic) bond motifs is 3. The van der Waals surface area contributed by atoms with Gasteiger partial charge in [-0.1, -0.05) is 0 Å². The third kappa shape index (κ3) is 3.55. The fourth-order valence-corrected chi connectivity index (χ4v) is 5.52. The predicted molar refractivity (Wildman–Crippen MR) is 107 cm³/mol. The van der Waals surface area contributed by atoms with Crippen LogP contribution in [0.4, 0.5) is 10.5 Å². The Balaban J connectivity index is 2.10. The third-order valence-corrected chi connectivity index (χ3v) is 7.84. The summed E-state index contributed by atoms with van der Waals surface area (Å²) in [5, 5.41) is 1.79. The predicted octanol–water partition coefficient (Wildman–Crippen LogP) is 2.59. The van der Waals surface area contributed by atoms with Crippen LogP contribution in [0.5, 0.6) is 5.75 Å². The van der Waals surface area contributed by atoms with Crippen LogP contribution < -0.4 is 15.8 Å². The number of amides is 1. The fourth-order valence-electron chi connectivity index (χ4n) is 3.44. The lowest BCUT2D eigenvalue weighted by molar-refractivity contribution is 0.0561. The smallest absolute Gasteiger partial charge is 0.413 e. The van der Waals surface area contributed by atoms with Gasteiger partial charge < -0.3 is 15.2 Å². The van der Waals surface area contributed by atoms with Gasteiger partial charge in [0.25, 0.3) is 0 Å². The fraction of sp³-hybridized carbons (Fsp3) is 0.579. The second-order valence-electron chi connectivity index (χ2n) is 8.58. The lowest BCUT2D eigenvalue weighted by Gasteiger charge is -2.38. The number of ether oxygens (including phenoxy) is 2. The van der Waals surface area contributed by atoms with E-state index in [1.165, 1.54) is 0 Å². The van der Waals surface area contributed by atoms with Gasteiger partial charge >= 0.3 is 6.09 Å². The molecule has 2 heterocycles. The summed E-state index contributed by atoms with van der Waals surface area (Å²) in [6.07, 6.45) is -0.445. The Labute approximate surface area is 165 Å². The Morgan fingerprint density at radius 1 is 1.36 bits per heavy atom. The summed E-state index contributed by atoms with van der Waals surface area (Å²) in [5.41, 5.74) is 6.29. The number of benzene rings is 1. The minimum atomic E-state index is -3.70. The first-order valence-electron chi connectivity index (χ1n) is 9.17. The van der Waals surface area contributed by atoms with Gasteiger partial charge in [-0.05, 0) is 52.8 Å². The number of sulfone groups is 1. The van der Waals surface area contributed by atoms with E-state index in [1.54, 1.807) is 52.8 Å². The van der Waals surface area contributed by atoms with Gasteiger partial charge in [-0.2, -0.15) is 0 Å². The van der Waals surface area contributed by atoms with Crippen molar-refractivity contribution in [1.29, 1.82) is 0 Å². The van der Waals surface area contributed by atoms with Crippen molar-refractivity contribution in [1.82, 2.24) is 5.32 Å². The molecule has 0 bridgehead atoms.